The molecule has 3 rings (SSSR count). The van der Waals surface area contributed by atoms with E-state index in [4.69, 9.17) is 4.74 Å². The number of nitrogens with one attached hydrogen (secondary N) is 2. The summed E-state index contributed by atoms with van der Waals surface area (Å²) in [6.45, 7) is 0.602. The van der Waals surface area contributed by atoms with Gasteiger partial charge in [0.1, 0.15) is 5.75 Å². The normalized spacial score (nSPS) is 14.0. The molecule has 7 heteroatoms. The first kappa shape index (κ1) is 11.1. The summed E-state index contributed by atoms with van der Waals surface area (Å²) in [5.41, 5.74) is 0.914. The molecule has 2 heterocycles. The molecule has 0 radical (unpaired) electrons. The Morgan fingerprint density at radius 1 is 1.39 bits per heavy atom. The zero-order valence-corrected chi connectivity index (χ0v) is 10.2. The molecule has 1 aromatic carbocycles. The molecule has 0 saturated heterocycles. The summed E-state index contributed by atoms with van der Waals surface area (Å²) in [5.74, 6) is 0.957. The highest BCUT2D eigenvalue weighted by atomic mass is 32.2. The van der Waals surface area contributed by atoms with Crippen LogP contribution in [0.4, 0.5) is 5.95 Å². The number of rotatable bonds is 3. The van der Waals surface area contributed by atoms with Crippen molar-refractivity contribution in [3.05, 3.63) is 36.2 Å². The monoisotopic (exact) mass is 265 g/mol. The van der Waals surface area contributed by atoms with Gasteiger partial charge in [-0.25, -0.2) is 18.1 Å². The summed E-state index contributed by atoms with van der Waals surface area (Å²) in [7, 11) is -3.60. The topological polar surface area (TPSA) is 84.1 Å². The van der Waals surface area contributed by atoms with Crippen molar-refractivity contribution in [2.24, 2.45) is 0 Å². The van der Waals surface area contributed by atoms with Crippen LogP contribution in [-0.2, 0) is 16.4 Å². The largest absolute Gasteiger partial charge is 0.493 e. The molecule has 1 aliphatic heterocycles. The van der Waals surface area contributed by atoms with Gasteiger partial charge in [-0.05, 0) is 23.8 Å². The van der Waals surface area contributed by atoms with Crippen LogP contribution in [0.3, 0.4) is 0 Å². The maximum atomic E-state index is 12.1. The number of nitrogens with zero attached hydrogens (tertiary/aromatic N) is 1. The van der Waals surface area contributed by atoms with Crippen molar-refractivity contribution >= 4 is 16.0 Å². The second-order valence-corrected chi connectivity index (χ2v) is 5.59. The van der Waals surface area contributed by atoms with Crippen LogP contribution in [0.2, 0.25) is 0 Å². The fourth-order valence-electron chi connectivity index (χ4n) is 1.84. The molecule has 94 valence electrons. The maximum absolute atomic E-state index is 12.1. The van der Waals surface area contributed by atoms with Crippen LogP contribution in [-0.4, -0.2) is 25.0 Å². The second-order valence-electron chi connectivity index (χ2n) is 3.91. The van der Waals surface area contributed by atoms with Crippen LogP contribution < -0.4 is 9.46 Å². The Labute approximate surface area is 104 Å². The quantitative estimate of drug-likeness (QED) is 0.871. The van der Waals surface area contributed by atoms with Gasteiger partial charge in [0.15, 0.2) is 0 Å². The van der Waals surface area contributed by atoms with E-state index in [0.717, 1.165) is 17.7 Å². The number of fused-ring (bicyclic) bond motifs is 1. The lowest BCUT2D eigenvalue weighted by Gasteiger charge is -2.06. The van der Waals surface area contributed by atoms with Gasteiger partial charge >= 0.3 is 0 Å². The van der Waals surface area contributed by atoms with Crippen molar-refractivity contribution in [3.8, 4) is 5.75 Å². The van der Waals surface area contributed by atoms with E-state index in [1.807, 2.05) is 0 Å². The minimum Gasteiger partial charge on any atom is -0.493 e. The third kappa shape index (κ3) is 1.92. The minimum atomic E-state index is -3.60. The number of aromatic nitrogens is 2. The van der Waals surface area contributed by atoms with Gasteiger partial charge in [-0.15, -0.1) is 0 Å². The summed E-state index contributed by atoms with van der Waals surface area (Å²) in [6, 6.07) is 4.84. The van der Waals surface area contributed by atoms with E-state index in [-0.39, 0.29) is 10.8 Å². The molecular formula is C11H11N3O3S. The molecule has 0 spiro atoms. The van der Waals surface area contributed by atoms with Crippen molar-refractivity contribution in [2.45, 2.75) is 11.3 Å². The van der Waals surface area contributed by atoms with Gasteiger partial charge in [0, 0.05) is 18.8 Å². The van der Waals surface area contributed by atoms with Crippen LogP contribution in [0, 0.1) is 0 Å². The zero-order valence-electron chi connectivity index (χ0n) is 9.38. The lowest BCUT2D eigenvalue weighted by molar-refractivity contribution is 0.356. The first-order valence-electron chi connectivity index (χ1n) is 5.43. The van der Waals surface area contributed by atoms with Crippen molar-refractivity contribution in [1.29, 1.82) is 0 Å². The van der Waals surface area contributed by atoms with E-state index >= 15 is 0 Å². The molecule has 6 nitrogen and oxygen atoms in total. The van der Waals surface area contributed by atoms with Crippen LogP contribution in [0.1, 0.15) is 5.56 Å². The predicted octanol–water partition coefficient (Wildman–Crippen LogP) is 1.15. The molecule has 0 fully saturated rings. The number of anilines is 1. The number of ether oxygens (including phenoxy) is 1. The molecule has 18 heavy (non-hydrogen) atoms. The number of hydrogen-bond acceptors (Lipinski definition) is 4. The fourth-order valence-corrected chi connectivity index (χ4v) is 2.87. The Balaban J connectivity index is 1.94. The molecule has 0 unspecified atom stereocenters. The van der Waals surface area contributed by atoms with Crippen LogP contribution in [0.15, 0.2) is 35.5 Å². The van der Waals surface area contributed by atoms with E-state index in [2.05, 4.69) is 14.7 Å². The smallest absolute Gasteiger partial charge is 0.264 e. The average Bonchev–Trinajstić information content (AvgIpc) is 2.97. The first-order valence-corrected chi connectivity index (χ1v) is 6.91. The van der Waals surface area contributed by atoms with E-state index in [1.54, 1.807) is 18.3 Å². The molecule has 0 atom stereocenters. The number of hydrogen-bond donors (Lipinski definition) is 2. The Kier molecular flexibility index (Phi) is 2.48. The third-order valence-corrected chi connectivity index (χ3v) is 4.04. The van der Waals surface area contributed by atoms with Gasteiger partial charge in [-0.1, -0.05) is 0 Å². The predicted molar refractivity (Wildman–Crippen MR) is 65.0 cm³/mol. The zero-order chi connectivity index (χ0) is 12.6. The molecule has 1 aliphatic rings. The summed E-state index contributed by atoms with van der Waals surface area (Å²) in [4.78, 5) is 6.73. The summed E-state index contributed by atoms with van der Waals surface area (Å²) < 4.78 is 31.9. The van der Waals surface area contributed by atoms with Crippen LogP contribution in [0.25, 0.3) is 0 Å². The Morgan fingerprint density at radius 2 is 2.28 bits per heavy atom. The summed E-state index contributed by atoms with van der Waals surface area (Å²) >= 11 is 0. The van der Waals surface area contributed by atoms with Crippen LogP contribution >= 0.6 is 0 Å². The molecule has 0 aliphatic carbocycles. The highest BCUT2D eigenvalue weighted by Gasteiger charge is 2.19. The number of sulfonamides is 1. The minimum absolute atomic E-state index is 0.201. The average molecular weight is 265 g/mol. The van der Waals surface area contributed by atoms with Gasteiger partial charge in [0.2, 0.25) is 5.95 Å². The summed E-state index contributed by atoms with van der Waals surface area (Å²) in [5, 5.41) is 0. The fraction of sp³-hybridized carbons (Fsp3) is 0.182. The molecule has 1 aromatic heterocycles. The molecule has 0 amide bonds. The van der Waals surface area contributed by atoms with E-state index < -0.39 is 10.0 Å². The number of H-pyrrole nitrogens is 1. The van der Waals surface area contributed by atoms with Crippen molar-refractivity contribution in [2.75, 3.05) is 11.3 Å². The van der Waals surface area contributed by atoms with Crippen LogP contribution in [0.5, 0.6) is 5.75 Å². The standard InChI is InChI=1S/C11H11N3O3S/c15-18(16,14-11-12-4-5-13-11)9-1-2-10-8(7-9)3-6-17-10/h1-2,4-5,7H,3,6H2,(H2,12,13,14). The second kappa shape index (κ2) is 4.02. The Morgan fingerprint density at radius 3 is 3.06 bits per heavy atom. The number of imidazole rings is 1. The van der Waals surface area contributed by atoms with E-state index in [0.29, 0.717) is 6.61 Å². The molecule has 0 bridgehead atoms. The van der Waals surface area contributed by atoms with E-state index in [9.17, 15) is 8.42 Å². The Bertz CT molecular complexity index is 665. The van der Waals surface area contributed by atoms with Crippen molar-refractivity contribution < 1.29 is 13.2 Å². The first-order chi connectivity index (χ1) is 8.65. The van der Waals surface area contributed by atoms with Gasteiger partial charge in [-0.2, -0.15) is 0 Å². The van der Waals surface area contributed by atoms with Gasteiger partial charge < -0.3 is 9.72 Å². The van der Waals surface area contributed by atoms with Gasteiger partial charge in [0.05, 0.1) is 11.5 Å². The van der Waals surface area contributed by atoms with Crippen molar-refractivity contribution in [3.63, 3.8) is 0 Å². The third-order valence-electron chi connectivity index (χ3n) is 2.70. The summed E-state index contributed by atoms with van der Waals surface area (Å²) in [6.07, 6.45) is 3.77. The number of benzene rings is 1. The maximum Gasteiger partial charge on any atom is 0.264 e. The number of aromatic amines is 1. The van der Waals surface area contributed by atoms with Gasteiger partial charge in [0.25, 0.3) is 10.0 Å². The Hall–Kier alpha value is -2.02. The highest BCUT2D eigenvalue weighted by Crippen LogP contribution is 2.27. The molecule has 2 N–H and O–H groups in total. The van der Waals surface area contributed by atoms with Gasteiger partial charge in [-0.3, -0.25) is 0 Å². The highest BCUT2D eigenvalue weighted by molar-refractivity contribution is 7.92. The van der Waals surface area contributed by atoms with E-state index in [1.165, 1.54) is 12.3 Å². The van der Waals surface area contributed by atoms with Crippen molar-refractivity contribution in [1.82, 2.24) is 9.97 Å². The molecule has 2 aromatic rings. The lowest BCUT2D eigenvalue weighted by Crippen LogP contribution is -2.14. The molecule has 0 saturated carbocycles. The SMILES string of the molecule is O=S(=O)(Nc1ncc[nH]1)c1ccc2c(c1)CCO2. The molecular weight excluding hydrogens is 254 g/mol. The lowest BCUT2D eigenvalue weighted by atomic mass is 10.2.